The van der Waals surface area contributed by atoms with Crippen molar-refractivity contribution in [2.45, 2.75) is 19.8 Å². The Hall–Kier alpha value is -0.420. The fraction of sp³-hybridized carbons (Fsp3) is 0.625. The number of thioether (sulfide) groups is 1. The van der Waals surface area contributed by atoms with Gasteiger partial charge in [-0.2, -0.15) is 11.8 Å². The molecule has 0 saturated heterocycles. The Balaban J connectivity index is 3.31. The Bertz CT molecular complexity index is 152. The first kappa shape index (κ1) is 9.58. The highest BCUT2D eigenvalue weighted by Gasteiger charge is 1.96. The maximum absolute atomic E-state index is 10.8. The molecule has 0 rings (SSSR count). The smallest absolute Gasteiger partial charge is 0.145 e. The molecule has 0 saturated carbocycles. The van der Waals surface area contributed by atoms with E-state index in [9.17, 15) is 4.79 Å². The summed E-state index contributed by atoms with van der Waals surface area (Å²) in [6, 6.07) is 0. The van der Waals surface area contributed by atoms with Crippen molar-refractivity contribution in [3.63, 3.8) is 0 Å². The monoisotopic (exact) mass is 156 g/mol. The van der Waals surface area contributed by atoms with Crippen LogP contribution in [0.3, 0.4) is 0 Å². The highest BCUT2D eigenvalue weighted by Crippen LogP contribution is 1.97. The van der Waals surface area contributed by atoms with E-state index in [2.05, 4.69) is 11.8 Å². The van der Waals surface area contributed by atoms with Crippen LogP contribution in [0.15, 0.2) is 0 Å². The highest BCUT2D eigenvalue weighted by molar-refractivity contribution is 7.98. The van der Waals surface area contributed by atoms with Crippen molar-refractivity contribution in [1.29, 1.82) is 0 Å². The SMILES string of the molecule is CC#CCC(=O)CCSC. The summed E-state index contributed by atoms with van der Waals surface area (Å²) in [7, 11) is 0. The van der Waals surface area contributed by atoms with Crippen LogP contribution in [0.5, 0.6) is 0 Å². The molecule has 2 heteroatoms. The van der Waals surface area contributed by atoms with E-state index in [1.807, 2.05) is 6.26 Å². The van der Waals surface area contributed by atoms with Gasteiger partial charge in [0, 0.05) is 6.42 Å². The average molecular weight is 156 g/mol. The number of hydrogen-bond donors (Lipinski definition) is 0. The van der Waals surface area contributed by atoms with Gasteiger partial charge < -0.3 is 0 Å². The van der Waals surface area contributed by atoms with Gasteiger partial charge in [0.05, 0.1) is 6.42 Å². The zero-order valence-corrected chi connectivity index (χ0v) is 7.25. The van der Waals surface area contributed by atoms with Crippen LogP contribution in [0, 0.1) is 11.8 Å². The number of ketones is 1. The molecule has 0 fully saturated rings. The predicted octanol–water partition coefficient (Wildman–Crippen LogP) is 1.72. The molecule has 0 atom stereocenters. The van der Waals surface area contributed by atoms with Gasteiger partial charge in [-0.15, -0.1) is 5.92 Å². The lowest BCUT2D eigenvalue weighted by Crippen LogP contribution is -1.96. The summed E-state index contributed by atoms with van der Waals surface area (Å²) in [6.45, 7) is 1.75. The lowest BCUT2D eigenvalue weighted by Gasteiger charge is -1.91. The molecule has 0 unspecified atom stereocenters. The molecule has 0 aromatic rings. The minimum absolute atomic E-state index is 0.253. The van der Waals surface area contributed by atoms with E-state index in [0.717, 1.165) is 5.75 Å². The molecular formula is C8H12OS. The lowest BCUT2D eigenvalue weighted by atomic mass is 10.2. The van der Waals surface area contributed by atoms with Crippen LogP contribution in [0.1, 0.15) is 19.8 Å². The molecule has 10 heavy (non-hydrogen) atoms. The number of Topliss-reactive ketones (excluding diaryl/α,β-unsaturated/α-hetero) is 1. The molecule has 0 bridgehead atoms. The van der Waals surface area contributed by atoms with Crippen molar-refractivity contribution < 1.29 is 4.79 Å². The average Bonchev–Trinajstić information content (AvgIpc) is 1.97. The molecule has 0 aliphatic carbocycles. The molecule has 0 heterocycles. The third kappa shape index (κ3) is 5.71. The standard InChI is InChI=1S/C8H12OS/c1-3-4-5-8(9)6-7-10-2/h5-7H2,1-2H3. The normalized spacial score (nSPS) is 8.20. The molecule has 0 N–H and O–H groups in total. The van der Waals surface area contributed by atoms with Crippen LogP contribution in [0.2, 0.25) is 0 Å². The van der Waals surface area contributed by atoms with Gasteiger partial charge >= 0.3 is 0 Å². The van der Waals surface area contributed by atoms with Gasteiger partial charge in [-0.1, -0.05) is 5.92 Å². The summed E-state index contributed by atoms with van der Waals surface area (Å²) in [5.41, 5.74) is 0. The quantitative estimate of drug-likeness (QED) is 0.576. The van der Waals surface area contributed by atoms with Crippen LogP contribution in [0.25, 0.3) is 0 Å². The molecule has 1 nitrogen and oxygen atoms in total. The number of carbonyl (C=O) groups excluding carboxylic acids is 1. The zero-order valence-electron chi connectivity index (χ0n) is 6.44. The van der Waals surface area contributed by atoms with E-state index in [0.29, 0.717) is 12.8 Å². The first-order valence-electron chi connectivity index (χ1n) is 3.21. The Kier molecular flexibility index (Phi) is 6.42. The summed E-state index contributed by atoms with van der Waals surface area (Å²) >= 11 is 1.69. The fourth-order valence-electron chi connectivity index (χ4n) is 0.491. The summed E-state index contributed by atoms with van der Waals surface area (Å²) in [4.78, 5) is 10.8. The third-order valence-electron chi connectivity index (χ3n) is 1.05. The zero-order chi connectivity index (χ0) is 7.82. The van der Waals surface area contributed by atoms with Crippen LogP contribution in [-0.2, 0) is 4.79 Å². The minimum Gasteiger partial charge on any atom is -0.299 e. The molecule has 0 aromatic heterocycles. The van der Waals surface area contributed by atoms with E-state index in [1.165, 1.54) is 0 Å². The minimum atomic E-state index is 0.253. The van der Waals surface area contributed by atoms with Gasteiger partial charge in [-0.25, -0.2) is 0 Å². The van der Waals surface area contributed by atoms with E-state index >= 15 is 0 Å². The molecular weight excluding hydrogens is 144 g/mol. The number of carbonyl (C=O) groups is 1. The van der Waals surface area contributed by atoms with Gasteiger partial charge in [0.1, 0.15) is 5.78 Å². The second-order valence-electron chi connectivity index (χ2n) is 1.89. The Morgan fingerprint density at radius 1 is 1.60 bits per heavy atom. The first-order chi connectivity index (χ1) is 4.81. The third-order valence-corrected chi connectivity index (χ3v) is 1.66. The molecule has 0 aromatic carbocycles. The number of rotatable bonds is 4. The van der Waals surface area contributed by atoms with Gasteiger partial charge in [0.15, 0.2) is 0 Å². The van der Waals surface area contributed by atoms with Crippen LogP contribution in [0.4, 0.5) is 0 Å². The maximum Gasteiger partial charge on any atom is 0.145 e. The maximum atomic E-state index is 10.8. The fourth-order valence-corrected chi connectivity index (χ4v) is 0.923. The van der Waals surface area contributed by atoms with Gasteiger partial charge in [0.25, 0.3) is 0 Å². The number of hydrogen-bond acceptors (Lipinski definition) is 2. The molecule has 0 spiro atoms. The van der Waals surface area contributed by atoms with Crippen LogP contribution >= 0.6 is 11.8 Å². The van der Waals surface area contributed by atoms with Crippen molar-refractivity contribution in [3.8, 4) is 11.8 Å². The summed E-state index contributed by atoms with van der Waals surface area (Å²) in [5.74, 6) is 6.62. The van der Waals surface area contributed by atoms with Crippen molar-refractivity contribution >= 4 is 17.5 Å². The topological polar surface area (TPSA) is 17.1 Å². The Morgan fingerprint density at radius 3 is 2.80 bits per heavy atom. The highest BCUT2D eigenvalue weighted by atomic mass is 32.2. The van der Waals surface area contributed by atoms with E-state index < -0.39 is 0 Å². The molecule has 0 aliphatic heterocycles. The molecule has 0 aliphatic rings. The van der Waals surface area contributed by atoms with Crippen LogP contribution in [-0.4, -0.2) is 17.8 Å². The Morgan fingerprint density at radius 2 is 2.30 bits per heavy atom. The Labute approximate surface area is 66.6 Å². The second kappa shape index (κ2) is 6.70. The van der Waals surface area contributed by atoms with Crippen molar-refractivity contribution in [2.75, 3.05) is 12.0 Å². The lowest BCUT2D eigenvalue weighted by molar-refractivity contribution is -0.117. The summed E-state index contributed by atoms with van der Waals surface area (Å²) in [6.07, 6.45) is 3.09. The largest absolute Gasteiger partial charge is 0.299 e. The first-order valence-corrected chi connectivity index (χ1v) is 4.61. The van der Waals surface area contributed by atoms with Crippen molar-refractivity contribution in [3.05, 3.63) is 0 Å². The summed E-state index contributed by atoms with van der Waals surface area (Å²) in [5, 5.41) is 0. The van der Waals surface area contributed by atoms with Gasteiger partial charge in [-0.3, -0.25) is 4.79 Å². The second-order valence-corrected chi connectivity index (χ2v) is 2.87. The predicted molar refractivity (Wildman–Crippen MR) is 46.1 cm³/mol. The van der Waals surface area contributed by atoms with Gasteiger partial charge in [0.2, 0.25) is 0 Å². The van der Waals surface area contributed by atoms with Crippen LogP contribution < -0.4 is 0 Å². The van der Waals surface area contributed by atoms with Crippen molar-refractivity contribution in [1.82, 2.24) is 0 Å². The van der Waals surface area contributed by atoms with Crippen molar-refractivity contribution in [2.24, 2.45) is 0 Å². The van der Waals surface area contributed by atoms with Gasteiger partial charge in [-0.05, 0) is 18.9 Å². The van der Waals surface area contributed by atoms with E-state index in [-0.39, 0.29) is 5.78 Å². The molecule has 56 valence electrons. The molecule has 0 amide bonds. The molecule has 0 radical (unpaired) electrons. The van der Waals surface area contributed by atoms with E-state index in [1.54, 1.807) is 18.7 Å². The summed E-state index contributed by atoms with van der Waals surface area (Å²) < 4.78 is 0. The van der Waals surface area contributed by atoms with E-state index in [4.69, 9.17) is 0 Å².